The summed E-state index contributed by atoms with van der Waals surface area (Å²) in [7, 11) is 0. The highest BCUT2D eigenvalue weighted by Crippen LogP contribution is 2.18. The zero-order chi connectivity index (χ0) is 22.2. The molecule has 3 aromatic rings. The number of nitrogens with zero attached hydrogens (tertiary/aromatic N) is 2. The Morgan fingerprint density at radius 1 is 1.10 bits per heavy atom. The van der Waals surface area contributed by atoms with Crippen LogP contribution in [0.2, 0.25) is 0 Å². The highest BCUT2D eigenvalue weighted by molar-refractivity contribution is 7.71. The second kappa shape index (κ2) is 10.6. The lowest BCUT2D eigenvalue weighted by atomic mass is 10.1. The van der Waals surface area contributed by atoms with Crippen LogP contribution in [0.3, 0.4) is 0 Å². The Morgan fingerprint density at radius 3 is 2.52 bits per heavy atom. The van der Waals surface area contributed by atoms with Gasteiger partial charge in [0.15, 0.2) is 10.6 Å². The van der Waals surface area contributed by atoms with Crippen LogP contribution >= 0.6 is 12.2 Å². The molecule has 9 heteroatoms. The predicted octanol–water partition coefficient (Wildman–Crippen LogP) is 2.92. The number of benzene rings is 2. The first-order valence-electron chi connectivity index (χ1n) is 9.92. The summed E-state index contributed by atoms with van der Waals surface area (Å²) in [5, 5.41) is 12.5. The fourth-order valence-corrected chi connectivity index (χ4v) is 3.27. The number of amides is 2. The van der Waals surface area contributed by atoms with Crippen molar-refractivity contribution in [2.45, 2.75) is 26.3 Å². The monoisotopic (exact) mass is 441 g/mol. The Kier molecular flexibility index (Phi) is 7.66. The first-order valence-corrected chi connectivity index (χ1v) is 10.3. The number of halogens is 1. The standard InChI is InChI=1S/C22H24FN5O2S/c1-15-5-7-17(8-6-15)21-26-27-22(31)28(21)12-9-19(29)24-10-11-25-20(30)14-16-3-2-4-18(23)13-16/h2-8,13H,9-12,14H2,1H3,(H,24,29)(H,25,30)(H,27,31). The maximum absolute atomic E-state index is 13.2. The van der Waals surface area contributed by atoms with E-state index in [2.05, 4.69) is 20.8 Å². The van der Waals surface area contributed by atoms with Gasteiger partial charge in [0, 0.05) is 31.6 Å². The lowest BCUT2D eigenvalue weighted by Gasteiger charge is -2.09. The smallest absolute Gasteiger partial charge is 0.224 e. The molecule has 0 fully saturated rings. The minimum atomic E-state index is -0.374. The van der Waals surface area contributed by atoms with Crippen molar-refractivity contribution in [3.63, 3.8) is 0 Å². The van der Waals surface area contributed by atoms with E-state index in [1.54, 1.807) is 16.7 Å². The van der Waals surface area contributed by atoms with Crippen LogP contribution in [-0.2, 0) is 22.6 Å². The quantitative estimate of drug-likeness (QED) is 0.352. The molecule has 0 atom stereocenters. The molecule has 2 aromatic carbocycles. The molecular formula is C22H24FN5O2S. The maximum atomic E-state index is 13.2. The zero-order valence-corrected chi connectivity index (χ0v) is 18.0. The SMILES string of the molecule is Cc1ccc(-c2n[nH]c(=S)n2CCC(=O)NCCNC(=O)Cc2cccc(F)c2)cc1. The van der Waals surface area contributed by atoms with Gasteiger partial charge in [0.2, 0.25) is 11.8 Å². The lowest BCUT2D eigenvalue weighted by Crippen LogP contribution is -2.35. The molecule has 0 spiro atoms. The molecule has 1 aromatic heterocycles. The molecule has 0 aliphatic rings. The number of hydrogen-bond acceptors (Lipinski definition) is 4. The van der Waals surface area contributed by atoms with Crippen molar-refractivity contribution in [1.29, 1.82) is 0 Å². The largest absolute Gasteiger partial charge is 0.354 e. The molecular weight excluding hydrogens is 417 g/mol. The van der Waals surface area contributed by atoms with Crippen LogP contribution in [0.15, 0.2) is 48.5 Å². The van der Waals surface area contributed by atoms with E-state index in [1.165, 1.54) is 12.1 Å². The van der Waals surface area contributed by atoms with E-state index in [9.17, 15) is 14.0 Å². The minimum Gasteiger partial charge on any atom is -0.354 e. The van der Waals surface area contributed by atoms with E-state index in [-0.39, 0.29) is 30.5 Å². The first kappa shape index (κ1) is 22.4. The number of carbonyl (C=O) groups excluding carboxylic acids is 2. The van der Waals surface area contributed by atoms with Gasteiger partial charge in [-0.15, -0.1) is 0 Å². The van der Waals surface area contributed by atoms with E-state index in [1.807, 2.05) is 31.2 Å². The fourth-order valence-electron chi connectivity index (χ4n) is 3.05. The number of aromatic nitrogens is 3. The summed E-state index contributed by atoms with van der Waals surface area (Å²) in [4.78, 5) is 24.1. The molecule has 3 N–H and O–H groups in total. The third kappa shape index (κ3) is 6.58. The zero-order valence-electron chi connectivity index (χ0n) is 17.2. The molecule has 3 rings (SSSR count). The topological polar surface area (TPSA) is 91.8 Å². The number of hydrogen-bond donors (Lipinski definition) is 3. The van der Waals surface area contributed by atoms with Gasteiger partial charge < -0.3 is 10.6 Å². The van der Waals surface area contributed by atoms with E-state index in [4.69, 9.17) is 12.2 Å². The van der Waals surface area contributed by atoms with Crippen LogP contribution in [0.1, 0.15) is 17.5 Å². The number of rotatable bonds is 9. The fraction of sp³-hybridized carbons (Fsp3) is 0.273. The van der Waals surface area contributed by atoms with Crippen molar-refractivity contribution >= 4 is 24.0 Å². The molecule has 1 heterocycles. The molecule has 0 unspecified atom stereocenters. The van der Waals surface area contributed by atoms with Crippen LogP contribution < -0.4 is 10.6 Å². The van der Waals surface area contributed by atoms with Crippen molar-refractivity contribution in [2.24, 2.45) is 0 Å². The van der Waals surface area contributed by atoms with Crippen molar-refractivity contribution in [3.05, 3.63) is 70.2 Å². The molecule has 0 bridgehead atoms. The van der Waals surface area contributed by atoms with Gasteiger partial charge in [0.25, 0.3) is 0 Å². The first-order chi connectivity index (χ1) is 14.9. The van der Waals surface area contributed by atoms with Gasteiger partial charge in [-0.05, 0) is 36.8 Å². The average molecular weight is 442 g/mol. The van der Waals surface area contributed by atoms with Gasteiger partial charge in [-0.1, -0.05) is 42.0 Å². The van der Waals surface area contributed by atoms with E-state index < -0.39 is 0 Å². The van der Waals surface area contributed by atoms with Crippen LogP contribution in [0, 0.1) is 17.5 Å². The molecule has 0 saturated heterocycles. The third-order valence-corrected chi connectivity index (χ3v) is 4.97. The van der Waals surface area contributed by atoms with Crippen LogP contribution in [-0.4, -0.2) is 39.7 Å². The maximum Gasteiger partial charge on any atom is 0.224 e. The molecule has 2 amide bonds. The number of carbonyl (C=O) groups is 2. The minimum absolute atomic E-state index is 0.0895. The summed E-state index contributed by atoms with van der Waals surface area (Å²) in [5.41, 5.74) is 2.66. The number of aryl methyl sites for hydroxylation is 1. The predicted molar refractivity (Wildman–Crippen MR) is 118 cm³/mol. The molecule has 0 aliphatic carbocycles. The van der Waals surface area contributed by atoms with E-state index in [0.717, 1.165) is 11.1 Å². The Bertz CT molecular complexity index is 1110. The Balaban J connectivity index is 1.42. The normalized spacial score (nSPS) is 10.6. The second-order valence-electron chi connectivity index (χ2n) is 7.13. The summed E-state index contributed by atoms with van der Waals surface area (Å²) in [6.07, 6.45) is 0.316. The van der Waals surface area contributed by atoms with Crippen LogP contribution in [0.4, 0.5) is 4.39 Å². The van der Waals surface area contributed by atoms with E-state index >= 15 is 0 Å². The summed E-state index contributed by atoms with van der Waals surface area (Å²) in [6, 6.07) is 13.8. The van der Waals surface area contributed by atoms with Gasteiger partial charge in [-0.2, -0.15) is 5.10 Å². The average Bonchev–Trinajstić information content (AvgIpc) is 3.10. The Labute approximate surface area is 184 Å². The van der Waals surface area contributed by atoms with E-state index in [0.29, 0.717) is 35.8 Å². The van der Waals surface area contributed by atoms with Crippen molar-refractivity contribution in [3.8, 4) is 11.4 Å². The molecule has 0 saturated carbocycles. The van der Waals surface area contributed by atoms with Gasteiger partial charge in [0.1, 0.15) is 5.82 Å². The molecule has 31 heavy (non-hydrogen) atoms. The molecule has 7 nitrogen and oxygen atoms in total. The molecule has 0 aliphatic heterocycles. The van der Waals surface area contributed by atoms with Gasteiger partial charge >= 0.3 is 0 Å². The summed E-state index contributed by atoms with van der Waals surface area (Å²) < 4.78 is 15.4. The second-order valence-corrected chi connectivity index (χ2v) is 7.51. The van der Waals surface area contributed by atoms with Crippen LogP contribution in [0.5, 0.6) is 0 Å². The Hall–Kier alpha value is -3.33. The summed E-state index contributed by atoms with van der Waals surface area (Å²) >= 11 is 5.29. The van der Waals surface area contributed by atoms with Gasteiger partial charge in [-0.25, -0.2) is 4.39 Å². The number of aromatic amines is 1. The summed E-state index contributed by atoms with van der Waals surface area (Å²) in [5.74, 6) is -0.0761. The van der Waals surface area contributed by atoms with Gasteiger partial charge in [0.05, 0.1) is 6.42 Å². The van der Waals surface area contributed by atoms with Gasteiger partial charge in [-0.3, -0.25) is 19.3 Å². The van der Waals surface area contributed by atoms with Crippen molar-refractivity contribution in [1.82, 2.24) is 25.4 Å². The summed E-state index contributed by atoms with van der Waals surface area (Å²) in [6.45, 7) is 2.99. The molecule has 162 valence electrons. The number of H-pyrrole nitrogens is 1. The third-order valence-electron chi connectivity index (χ3n) is 4.65. The highest BCUT2D eigenvalue weighted by atomic mass is 32.1. The lowest BCUT2D eigenvalue weighted by molar-refractivity contribution is -0.122. The number of nitrogens with one attached hydrogen (secondary N) is 3. The Morgan fingerprint density at radius 2 is 1.81 bits per heavy atom. The van der Waals surface area contributed by atoms with Crippen molar-refractivity contribution in [2.75, 3.05) is 13.1 Å². The van der Waals surface area contributed by atoms with Crippen LogP contribution in [0.25, 0.3) is 11.4 Å². The molecule has 0 radical (unpaired) electrons. The highest BCUT2D eigenvalue weighted by Gasteiger charge is 2.11. The van der Waals surface area contributed by atoms with Crippen molar-refractivity contribution < 1.29 is 14.0 Å².